The number of aromatic carboxylic acids is 1. The van der Waals surface area contributed by atoms with Crippen molar-refractivity contribution < 1.29 is 14.3 Å². The molecule has 2 heterocycles. The second-order valence-corrected chi connectivity index (χ2v) is 3.48. The van der Waals surface area contributed by atoms with E-state index < -0.39 is 5.97 Å². The third-order valence-corrected chi connectivity index (χ3v) is 2.51. The Hall–Kier alpha value is -1.75. The van der Waals surface area contributed by atoms with Crippen LogP contribution in [-0.4, -0.2) is 15.6 Å². The molecule has 0 amide bonds. The predicted molar refractivity (Wildman–Crippen MR) is 51.7 cm³/mol. The van der Waals surface area contributed by atoms with Gasteiger partial charge in [0.05, 0.1) is 0 Å². The highest BCUT2D eigenvalue weighted by Gasteiger charge is 2.11. The fourth-order valence-electron chi connectivity index (χ4n) is 1.07. The Balaban J connectivity index is 2.76. The molecule has 2 aliphatic heterocycles. The highest BCUT2D eigenvalue weighted by atomic mass is 32.1. The van der Waals surface area contributed by atoms with E-state index in [2.05, 4.69) is 0 Å². The second-order valence-electron chi connectivity index (χ2n) is 2.56. The molecule has 0 atom stereocenters. The molecule has 0 fully saturated rings. The predicted octanol–water partition coefficient (Wildman–Crippen LogP) is 2.39. The smallest absolute Gasteiger partial charge is 0.356 e. The maximum Gasteiger partial charge on any atom is 0.356 e. The maximum absolute atomic E-state index is 10.8. The van der Waals surface area contributed by atoms with E-state index in [1.807, 2.05) is 11.4 Å². The van der Waals surface area contributed by atoms with Crippen LogP contribution in [-0.2, 0) is 0 Å². The van der Waals surface area contributed by atoms with Gasteiger partial charge in [-0.15, -0.1) is 11.3 Å². The zero-order valence-electron chi connectivity index (χ0n) is 7.08. The lowest BCUT2D eigenvalue weighted by Gasteiger charge is -2.06. The Kier molecular flexibility index (Phi) is 2.24. The summed E-state index contributed by atoms with van der Waals surface area (Å²) in [6.45, 7) is 0. The molecule has 1 N–H and O–H groups in total. The molecular formula is C9H7NO3S. The van der Waals surface area contributed by atoms with Crippen molar-refractivity contribution in [2.75, 3.05) is 0 Å². The average Bonchev–Trinajstić information content (AvgIpc) is 2.41. The molecule has 0 aromatic rings. The quantitative estimate of drug-likeness (QED) is 0.784. The molecule has 0 aromatic heterocycles. The molecule has 0 saturated carbocycles. The van der Waals surface area contributed by atoms with Gasteiger partial charge in [-0.25, -0.2) is 4.79 Å². The molecule has 0 saturated heterocycles. The molecule has 4 nitrogen and oxygen atoms in total. The summed E-state index contributed by atoms with van der Waals surface area (Å²) in [6.07, 6.45) is 4.41. The first-order chi connectivity index (χ1) is 6.79. The molecule has 5 heteroatoms. The lowest BCUT2D eigenvalue weighted by Crippen LogP contribution is -2.08. The highest BCUT2D eigenvalue weighted by Crippen LogP contribution is 2.16. The molecule has 2 rings (SSSR count). The molecule has 0 unspecified atom stereocenters. The summed E-state index contributed by atoms with van der Waals surface area (Å²) in [5, 5.41) is 11.5. The van der Waals surface area contributed by atoms with Crippen LogP contribution in [0.25, 0.3) is 5.00 Å². The summed E-state index contributed by atoms with van der Waals surface area (Å²) in [5.74, 6) is -1.01. The van der Waals surface area contributed by atoms with Crippen molar-refractivity contribution in [3.05, 3.63) is 41.9 Å². The minimum Gasteiger partial charge on any atom is -0.476 e. The van der Waals surface area contributed by atoms with Crippen LogP contribution in [0.1, 0.15) is 10.5 Å². The summed E-state index contributed by atoms with van der Waals surface area (Å²) in [7, 11) is 0. The summed E-state index contributed by atoms with van der Waals surface area (Å²) < 4.78 is 6.50. The summed E-state index contributed by atoms with van der Waals surface area (Å²) >= 11 is 1.40. The van der Waals surface area contributed by atoms with E-state index in [4.69, 9.17) is 9.52 Å². The van der Waals surface area contributed by atoms with E-state index in [9.17, 15) is 4.79 Å². The number of aromatic nitrogens is 1. The number of rotatable bonds is 1. The molecule has 0 aromatic carbocycles. The first kappa shape index (κ1) is 8.83. The summed E-state index contributed by atoms with van der Waals surface area (Å²) in [5.41, 5.74) is 0.106. The van der Waals surface area contributed by atoms with E-state index >= 15 is 0 Å². The number of hydrogen-bond acceptors (Lipinski definition) is 3. The van der Waals surface area contributed by atoms with Crippen LogP contribution in [0.3, 0.4) is 0 Å². The van der Waals surface area contributed by atoms with Gasteiger partial charge in [0.1, 0.15) is 17.5 Å². The van der Waals surface area contributed by atoms with Gasteiger partial charge in [0, 0.05) is 6.20 Å². The van der Waals surface area contributed by atoms with Crippen molar-refractivity contribution in [3.63, 3.8) is 0 Å². The second kappa shape index (κ2) is 3.55. The van der Waals surface area contributed by atoms with Gasteiger partial charge in [-0.05, 0) is 11.4 Å². The van der Waals surface area contributed by atoms with Crippen LogP contribution < -0.4 is 0 Å². The molecule has 14 heavy (non-hydrogen) atoms. The molecular weight excluding hydrogens is 202 g/mol. The van der Waals surface area contributed by atoms with Crippen LogP contribution in [0.5, 0.6) is 0 Å². The third kappa shape index (κ3) is 1.49. The standard InChI is InChI=1S/C9H7NO3S/c11-9(12)7-5-13-6-8-10(7)3-1-2-4-14-8/h1-6H,(H,11,12). The van der Waals surface area contributed by atoms with Gasteiger partial charge in [-0.2, -0.15) is 0 Å². The van der Waals surface area contributed by atoms with Crippen molar-refractivity contribution in [2.45, 2.75) is 0 Å². The molecule has 0 bridgehead atoms. The summed E-state index contributed by atoms with van der Waals surface area (Å²) in [4.78, 5) is 10.8. The normalized spacial score (nSPS) is 10.0. The molecule has 72 valence electrons. The Labute approximate surface area is 83.7 Å². The monoisotopic (exact) mass is 209 g/mol. The number of carboxylic acids is 1. The van der Waals surface area contributed by atoms with E-state index in [1.54, 1.807) is 16.8 Å². The van der Waals surface area contributed by atoms with Crippen molar-refractivity contribution in [3.8, 4) is 5.00 Å². The zero-order chi connectivity index (χ0) is 9.97. The Morgan fingerprint density at radius 2 is 2.29 bits per heavy atom. The summed E-state index contributed by atoms with van der Waals surface area (Å²) in [6, 6.07) is 3.61. The minimum absolute atomic E-state index is 0.106. The maximum atomic E-state index is 10.8. The average molecular weight is 209 g/mol. The Morgan fingerprint density at radius 3 is 3.07 bits per heavy atom. The Morgan fingerprint density at radius 1 is 1.43 bits per heavy atom. The van der Waals surface area contributed by atoms with E-state index in [0.29, 0.717) is 0 Å². The third-order valence-electron chi connectivity index (χ3n) is 1.68. The lowest BCUT2D eigenvalue weighted by molar-refractivity contribution is 0.0684. The van der Waals surface area contributed by atoms with Crippen LogP contribution in [0, 0.1) is 0 Å². The van der Waals surface area contributed by atoms with Crippen LogP contribution in [0.2, 0.25) is 0 Å². The van der Waals surface area contributed by atoms with Crippen molar-refractivity contribution in [1.29, 1.82) is 0 Å². The highest BCUT2D eigenvalue weighted by molar-refractivity contribution is 7.12. The van der Waals surface area contributed by atoms with Gasteiger partial charge in [0.15, 0.2) is 5.69 Å². The van der Waals surface area contributed by atoms with Gasteiger partial charge in [-0.3, -0.25) is 4.57 Å². The minimum atomic E-state index is -1.01. The van der Waals surface area contributed by atoms with E-state index in [0.717, 1.165) is 5.00 Å². The first-order valence-electron chi connectivity index (χ1n) is 3.87. The van der Waals surface area contributed by atoms with Crippen molar-refractivity contribution in [1.82, 2.24) is 4.57 Å². The van der Waals surface area contributed by atoms with Gasteiger partial charge in [-0.1, -0.05) is 6.07 Å². The van der Waals surface area contributed by atoms with E-state index in [-0.39, 0.29) is 5.69 Å². The molecule has 0 aliphatic carbocycles. The van der Waals surface area contributed by atoms with Crippen molar-refractivity contribution >= 4 is 17.3 Å². The first-order valence-corrected chi connectivity index (χ1v) is 4.75. The number of fused-ring (bicyclic) bond motifs is 1. The van der Waals surface area contributed by atoms with Gasteiger partial charge >= 0.3 is 5.97 Å². The van der Waals surface area contributed by atoms with Crippen LogP contribution in [0.4, 0.5) is 0 Å². The van der Waals surface area contributed by atoms with Gasteiger partial charge in [0.2, 0.25) is 0 Å². The van der Waals surface area contributed by atoms with Crippen molar-refractivity contribution in [2.24, 2.45) is 0 Å². The fraction of sp³-hybridized carbons (Fsp3) is 0. The van der Waals surface area contributed by atoms with E-state index in [1.165, 1.54) is 23.9 Å². The van der Waals surface area contributed by atoms with Gasteiger partial charge in [0.25, 0.3) is 0 Å². The van der Waals surface area contributed by atoms with Crippen LogP contribution in [0.15, 0.2) is 40.7 Å². The Bertz CT molecular complexity index is 466. The molecule has 0 radical (unpaired) electrons. The number of carboxylic acid groups (broad SMARTS) is 1. The topological polar surface area (TPSA) is 55.4 Å². The SMILES string of the molecule is O=C(O)c1cocc2sccccn1-2. The zero-order valence-corrected chi connectivity index (χ0v) is 7.90. The fourth-order valence-corrected chi connectivity index (χ4v) is 1.76. The number of carbonyl (C=O) groups is 1. The molecule has 0 spiro atoms. The number of hydrogen-bond donors (Lipinski definition) is 1. The van der Waals surface area contributed by atoms with Crippen LogP contribution >= 0.6 is 11.3 Å². The molecule has 2 aliphatic rings. The lowest BCUT2D eigenvalue weighted by atomic mass is 10.4. The van der Waals surface area contributed by atoms with Gasteiger partial charge < -0.3 is 9.52 Å². The number of nitrogens with zero attached hydrogens (tertiary/aromatic N) is 1. The largest absolute Gasteiger partial charge is 0.476 e.